The molecule has 2 aromatic carbocycles. The number of hydrogen-bond donors (Lipinski definition) is 0. The standard InChI is InChI=1S/C18H17BrO4/c1-2-3-9-22-17-8-7-14(11-16(17)19)18(21)23-15-6-4-5-13(10-15)12-20/h4-8,10-12H,2-3,9H2,1H3. The van der Waals surface area contributed by atoms with Crippen LogP contribution in [0.5, 0.6) is 11.5 Å². The molecule has 0 N–H and O–H groups in total. The number of rotatable bonds is 7. The highest BCUT2D eigenvalue weighted by Crippen LogP contribution is 2.27. The highest BCUT2D eigenvalue weighted by atomic mass is 79.9. The minimum atomic E-state index is -0.492. The number of benzene rings is 2. The van der Waals surface area contributed by atoms with Crippen LogP contribution in [-0.4, -0.2) is 18.9 Å². The van der Waals surface area contributed by atoms with Crippen LogP contribution in [0.4, 0.5) is 0 Å². The number of unbranched alkanes of at least 4 members (excludes halogenated alkanes) is 1. The summed E-state index contributed by atoms with van der Waals surface area (Å²) in [7, 11) is 0. The molecule has 0 radical (unpaired) electrons. The monoisotopic (exact) mass is 376 g/mol. The predicted molar refractivity (Wildman–Crippen MR) is 91.3 cm³/mol. The molecule has 0 fully saturated rings. The minimum absolute atomic E-state index is 0.332. The van der Waals surface area contributed by atoms with Crippen LogP contribution in [0.25, 0.3) is 0 Å². The van der Waals surface area contributed by atoms with Gasteiger partial charge >= 0.3 is 5.97 Å². The van der Waals surface area contributed by atoms with E-state index in [-0.39, 0.29) is 0 Å². The van der Waals surface area contributed by atoms with Crippen molar-refractivity contribution < 1.29 is 19.1 Å². The van der Waals surface area contributed by atoms with E-state index in [1.54, 1.807) is 36.4 Å². The van der Waals surface area contributed by atoms with Crippen LogP contribution in [0.1, 0.15) is 40.5 Å². The topological polar surface area (TPSA) is 52.6 Å². The fraction of sp³-hybridized carbons (Fsp3) is 0.222. The first-order chi connectivity index (χ1) is 11.1. The van der Waals surface area contributed by atoms with Crippen molar-refractivity contribution in [1.29, 1.82) is 0 Å². The summed E-state index contributed by atoms with van der Waals surface area (Å²) in [6.45, 7) is 2.73. The summed E-state index contributed by atoms with van der Waals surface area (Å²) < 4.78 is 11.6. The highest BCUT2D eigenvalue weighted by molar-refractivity contribution is 9.10. The van der Waals surface area contributed by atoms with E-state index in [4.69, 9.17) is 9.47 Å². The Morgan fingerprint density at radius 1 is 1.22 bits per heavy atom. The average molecular weight is 377 g/mol. The SMILES string of the molecule is CCCCOc1ccc(C(=O)Oc2cccc(C=O)c2)cc1Br. The van der Waals surface area contributed by atoms with Gasteiger partial charge in [-0.25, -0.2) is 4.79 Å². The molecule has 0 unspecified atom stereocenters. The maximum absolute atomic E-state index is 12.2. The van der Waals surface area contributed by atoms with Crippen LogP contribution < -0.4 is 9.47 Å². The number of hydrogen-bond acceptors (Lipinski definition) is 4. The highest BCUT2D eigenvalue weighted by Gasteiger charge is 2.12. The molecule has 5 heteroatoms. The molecule has 0 atom stereocenters. The van der Waals surface area contributed by atoms with Gasteiger partial charge in [0.15, 0.2) is 0 Å². The lowest BCUT2D eigenvalue weighted by molar-refractivity contribution is 0.0734. The van der Waals surface area contributed by atoms with Crippen molar-refractivity contribution in [2.75, 3.05) is 6.61 Å². The van der Waals surface area contributed by atoms with E-state index < -0.39 is 5.97 Å². The van der Waals surface area contributed by atoms with Gasteiger partial charge in [0.1, 0.15) is 17.8 Å². The number of ether oxygens (including phenoxy) is 2. The van der Waals surface area contributed by atoms with Gasteiger partial charge in [-0.15, -0.1) is 0 Å². The lowest BCUT2D eigenvalue weighted by Gasteiger charge is -2.09. The molecule has 0 bridgehead atoms. The lowest BCUT2D eigenvalue weighted by atomic mass is 10.2. The second-order valence-corrected chi connectivity index (χ2v) is 5.78. The molecule has 0 saturated carbocycles. The third kappa shape index (κ3) is 4.93. The Morgan fingerprint density at radius 2 is 2.04 bits per heavy atom. The molecule has 0 aliphatic carbocycles. The van der Waals surface area contributed by atoms with E-state index in [2.05, 4.69) is 22.9 Å². The zero-order valence-corrected chi connectivity index (χ0v) is 14.3. The number of halogens is 1. The van der Waals surface area contributed by atoms with Crippen molar-refractivity contribution in [3.8, 4) is 11.5 Å². The molecule has 0 aliphatic heterocycles. The van der Waals surface area contributed by atoms with Gasteiger partial charge in [0.05, 0.1) is 16.6 Å². The largest absolute Gasteiger partial charge is 0.492 e. The van der Waals surface area contributed by atoms with Crippen LogP contribution in [0.3, 0.4) is 0 Å². The third-order valence-electron chi connectivity index (χ3n) is 3.13. The molecular formula is C18H17BrO4. The van der Waals surface area contributed by atoms with Crippen molar-refractivity contribution >= 4 is 28.2 Å². The number of carbonyl (C=O) groups excluding carboxylic acids is 2. The summed E-state index contributed by atoms with van der Waals surface area (Å²) in [5.41, 5.74) is 0.854. The van der Waals surface area contributed by atoms with Gasteiger partial charge in [-0.05, 0) is 52.7 Å². The summed E-state index contributed by atoms with van der Waals surface area (Å²) in [6, 6.07) is 11.5. The normalized spacial score (nSPS) is 10.2. The number of aldehydes is 1. The summed E-state index contributed by atoms with van der Waals surface area (Å²) in [5, 5.41) is 0. The van der Waals surface area contributed by atoms with Gasteiger partial charge in [-0.3, -0.25) is 4.79 Å². The Balaban J connectivity index is 2.07. The number of esters is 1. The first-order valence-corrected chi connectivity index (χ1v) is 8.13. The van der Waals surface area contributed by atoms with Crippen molar-refractivity contribution in [3.63, 3.8) is 0 Å². The summed E-state index contributed by atoms with van der Waals surface area (Å²) in [4.78, 5) is 22.9. The summed E-state index contributed by atoms with van der Waals surface area (Å²) in [6.07, 6.45) is 2.74. The maximum atomic E-state index is 12.2. The third-order valence-corrected chi connectivity index (χ3v) is 3.75. The molecule has 0 aliphatic rings. The van der Waals surface area contributed by atoms with Gasteiger partial charge in [-0.1, -0.05) is 25.5 Å². The van der Waals surface area contributed by atoms with E-state index in [1.807, 2.05) is 0 Å². The molecule has 0 amide bonds. The zero-order valence-electron chi connectivity index (χ0n) is 12.8. The molecule has 0 aromatic heterocycles. The minimum Gasteiger partial charge on any atom is -0.492 e. The van der Waals surface area contributed by atoms with Crippen molar-refractivity contribution in [3.05, 3.63) is 58.1 Å². The van der Waals surface area contributed by atoms with Gasteiger partial charge in [-0.2, -0.15) is 0 Å². The van der Waals surface area contributed by atoms with Crippen LogP contribution in [-0.2, 0) is 0 Å². The summed E-state index contributed by atoms with van der Waals surface area (Å²) in [5.74, 6) is 0.533. The van der Waals surface area contributed by atoms with Gasteiger partial charge in [0.25, 0.3) is 0 Å². The van der Waals surface area contributed by atoms with E-state index in [9.17, 15) is 9.59 Å². The van der Waals surface area contributed by atoms with E-state index in [0.29, 0.717) is 40.0 Å². The van der Waals surface area contributed by atoms with Crippen LogP contribution in [0.2, 0.25) is 0 Å². The van der Waals surface area contributed by atoms with Crippen molar-refractivity contribution in [2.45, 2.75) is 19.8 Å². The molecule has 2 rings (SSSR count). The Morgan fingerprint density at radius 3 is 2.74 bits per heavy atom. The number of carbonyl (C=O) groups is 2. The van der Waals surface area contributed by atoms with Crippen LogP contribution in [0.15, 0.2) is 46.9 Å². The smallest absolute Gasteiger partial charge is 0.343 e. The maximum Gasteiger partial charge on any atom is 0.343 e. The zero-order chi connectivity index (χ0) is 16.7. The molecule has 120 valence electrons. The van der Waals surface area contributed by atoms with Crippen molar-refractivity contribution in [2.24, 2.45) is 0 Å². The Hall–Kier alpha value is -2.14. The van der Waals surface area contributed by atoms with Crippen molar-refractivity contribution in [1.82, 2.24) is 0 Å². The molecular weight excluding hydrogens is 360 g/mol. The predicted octanol–water partition coefficient (Wildman–Crippen LogP) is 4.66. The fourth-order valence-electron chi connectivity index (χ4n) is 1.89. The van der Waals surface area contributed by atoms with E-state index in [1.165, 1.54) is 6.07 Å². The average Bonchev–Trinajstić information content (AvgIpc) is 2.56. The quantitative estimate of drug-likeness (QED) is 0.305. The van der Waals surface area contributed by atoms with Gasteiger partial charge in [0, 0.05) is 5.56 Å². The Labute approximate surface area is 143 Å². The van der Waals surface area contributed by atoms with Crippen LogP contribution in [0, 0.1) is 0 Å². The molecule has 0 spiro atoms. The summed E-state index contributed by atoms with van der Waals surface area (Å²) >= 11 is 3.40. The molecule has 4 nitrogen and oxygen atoms in total. The first-order valence-electron chi connectivity index (χ1n) is 7.34. The Bertz CT molecular complexity index is 697. The lowest BCUT2D eigenvalue weighted by Crippen LogP contribution is -2.09. The first kappa shape index (κ1) is 17.2. The fourth-order valence-corrected chi connectivity index (χ4v) is 2.38. The van der Waals surface area contributed by atoms with Gasteiger partial charge in [0.2, 0.25) is 0 Å². The van der Waals surface area contributed by atoms with Gasteiger partial charge < -0.3 is 9.47 Å². The second-order valence-electron chi connectivity index (χ2n) is 4.93. The Kier molecular flexibility index (Phi) is 6.35. The van der Waals surface area contributed by atoms with E-state index in [0.717, 1.165) is 12.8 Å². The molecule has 0 saturated heterocycles. The molecule has 23 heavy (non-hydrogen) atoms. The molecule has 2 aromatic rings. The second kappa shape index (κ2) is 8.48. The van der Waals surface area contributed by atoms with E-state index >= 15 is 0 Å². The molecule has 0 heterocycles. The van der Waals surface area contributed by atoms with Crippen LogP contribution >= 0.6 is 15.9 Å².